The lowest BCUT2D eigenvalue weighted by Crippen LogP contribution is -2.31. The van der Waals surface area contributed by atoms with Crippen LogP contribution >= 0.6 is 0 Å². The van der Waals surface area contributed by atoms with Gasteiger partial charge in [0.15, 0.2) is 18.1 Å². The van der Waals surface area contributed by atoms with Crippen molar-refractivity contribution in [1.29, 1.82) is 0 Å². The number of amides is 1. The Labute approximate surface area is 169 Å². The number of carbonyl (C=O) groups excluding carboxylic acids is 2. The summed E-state index contributed by atoms with van der Waals surface area (Å²) in [6.45, 7) is 1.41. The fourth-order valence-electron chi connectivity index (χ4n) is 2.67. The molecule has 0 spiro atoms. The molecule has 8 nitrogen and oxygen atoms in total. The summed E-state index contributed by atoms with van der Waals surface area (Å²) in [5.41, 5.74) is 1.07. The molecule has 156 valence electrons. The molecule has 0 aromatic heterocycles. The Hall–Kier alpha value is -3.42. The highest BCUT2D eigenvalue weighted by Crippen LogP contribution is 2.38. The van der Waals surface area contributed by atoms with Gasteiger partial charge < -0.3 is 29.0 Å². The van der Waals surface area contributed by atoms with Crippen LogP contribution in [0, 0.1) is 0 Å². The molecule has 0 aliphatic carbocycles. The molecule has 8 heteroatoms. The first-order valence-corrected chi connectivity index (χ1v) is 8.83. The second kappa shape index (κ2) is 10.2. The van der Waals surface area contributed by atoms with Gasteiger partial charge in [0.2, 0.25) is 5.75 Å². The number of carbonyl (C=O) groups is 2. The molecule has 2 aromatic carbocycles. The minimum Gasteiger partial charge on any atom is -0.497 e. The molecular formula is C21H25NO7. The summed E-state index contributed by atoms with van der Waals surface area (Å²) < 4.78 is 25.9. The van der Waals surface area contributed by atoms with Crippen molar-refractivity contribution in [2.24, 2.45) is 0 Å². The van der Waals surface area contributed by atoms with E-state index in [1.54, 1.807) is 7.11 Å². The fraction of sp³-hybridized carbons (Fsp3) is 0.333. The molecule has 2 aromatic rings. The van der Waals surface area contributed by atoms with Crippen molar-refractivity contribution in [2.45, 2.75) is 13.0 Å². The van der Waals surface area contributed by atoms with Crippen LogP contribution in [0.25, 0.3) is 0 Å². The van der Waals surface area contributed by atoms with Crippen LogP contribution in [0.4, 0.5) is 0 Å². The molecule has 0 saturated carbocycles. The van der Waals surface area contributed by atoms with Crippen molar-refractivity contribution in [3.8, 4) is 23.0 Å². The van der Waals surface area contributed by atoms with Crippen molar-refractivity contribution in [3.63, 3.8) is 0 Å². The largest absolute Gasteiger partial charge is 0.497 e. The molecule has 1 amide bonds. The molecule has 0 aliphatic rings. The monoisotopic (exact) mass is 403 g/mol. The summed E-state index contributed by atoms with van der Waals surface area (Å²) in [6.07, 6.45) is 0. The van der Waals surface area contributed by atoms with Crippen molar-refractivity contribution in [1.82, 2.24) is 5.32 Å². The van der Waals surface area contributed by atoms with Crippen LogP contribution in [-0.2, 0) is 9.53 Å². The van der Waals surface area contributed by atoms with E-state index in [-0.39, 0.29) is 11.6 Å². The van der Waals surface area contributed by atoms with Gasteiger partial charge in [-0.2, -0.15) is 0 Å². The SMILES string of the molecule is COc1ccc(C(C)NC(=O)COC(=O)c2cc(OC)c(OC)c(OC)c2)cc1. The highest BCUT2D eigenvalue weighted by atomic mass is 16.5. The molecule has 1 unspecified atom stereocenters. The normalized spacial score (nSPS) is 11.2. The van der Waals surface area contributed by atoms with Gasteiger partial charge in [0, 0.05) is 0 Å². The van der Waals surface area contributed by atoms with Crippen LogP contribution < -0.4 is 24.3 Å². The van der Waals surface area contributed by atoms with Gasteiger partial charge in [-0.15, -0.1) is 0 Å². The molecule has 29 heavy (non-hydrogen) atoms. The summed E-state index contributed by atoms with van der Waals surface area (Å²) in [4.78, 5) is 24.5. The van der Waals surface area contributed by atoms with Crippen molar-refractivity contribution < 1.29 is 33.3 Å². The van der Waals surface area contributed by atoms with E-state index < -0.39 is 18.5 Å². The summed E-state index contributed by atoms with van der Waals surface area (Å²) in [5.74, 6) is 0.613. The zero-order valence-electron chi connectivity index (χ0n) is 17.1. The van der Waals surface area contributed by atoms with Gasteiger partial charge in [0.1, 0.15) is 5.75 Å². The van der Waals surface area contributed by atoms with Crippen molar-refractivity contribution >= 4 is 11.9 Å². The smallest absolute Gasteiger partial charge is 0.338 e. The minimum absolute atomic E-state index is 0.176. The van der Waals surface area contributed by atoms with Crippen LogP contribution in [0.15, 0.2) is 36.4 Å². The Kier molecular flexibility index (Phi) is 7.70. The van der Waals surface area contributed by atoms with Crippen LogP contribution in [0.2, 0.25) is 0 Å². The number of rotatable bonds is 9. The Bertz CT molecular complexity index is 824. The van der Waals surface area contributed by atoms with Crippen LogP contribution in [0.3, 0.4) is 0 Å². The average molecular weight is 403 g/mol. The van der Waals surface area contributed by atoms with Gasteiger partial charge in [0.05, 0.1) is 40.0 Å². The van der Waals surface area contributed by atoms with E-state index >= 15 is 0 Å². The topological polar surface area (TPSA) is 92.3 Å². The van der Waals surface area contributed by atoms with E-state index in [4.69, 9.17) is 23.7 Å². The van der Waals surface area contributed by atoms with E-state index in [1.807, 2.05) is 31.2 Å². The van der Waals surface area contributed by atoms with E-state index in [2.05, 4.69) is 5.32 Å². The van der Waals surface area contributed by atoms with Crippen molar-refractivity contribution in [3.05, 3.63) is 47.5 Å². The molecule has 1 N–H and O–H groups in total. The van der Waals surface area contributed by atoms with E-state index in [0.717, 1.165) is 11.3 Å². The predicted octanol–water partition coefficient (Wildman–Crippen LogP) is 2.76. The molecule has 0 saturated heterocycles. The number of methoxy groups -OCH3 is 4. The number of hydrogen-bond donors (Lipinski definition) is 1. The Morgan fingerprint density at radius 3 is 1.97 bits per heavy atom. The van der Waals surface area contributed by atoms with Gasteiger partial charge in [-0.05, 0) is 36.8 Å². The third-order valence-electron chi connectivity index (χ3n) is 4.23. The van der Waals surface area contributed by atoms with E-state index in [1.165, 1.54) is 33.5 Å². The Morgan fingerprint density at radius 2 is 1.48 bits per heavy atom. The number of nitrogens with one attached hydrogen (secondary N) is 1. The molecule has 0 bridgehead atoms. The van der Waals surface area contributed by atoms with Gasteiger partial charge in [-0.1, -0.05) is 12.1 Å². The number of esters is 1. The van der Waals surface area contributed by atoms with Crippen LogP contribution in [0.5, 0.6) is 23.0 Å². The zero-order chi connectivity index (χ0) is 21.4. The molecule has 0 heterocycles. The molecule has 0 radical (unpaired) electrons. The maximum atomic E-state index is 12.3. The van der Waals surface area contributed by atoms with Crippen LogP contribution in [0.1, 0.15) is 28.9 Å². The maximum Gasteiger partial charge on any atom is 0.338 e. The maximum absolute atomic E-state index is 12.3. The number of ether oxygens (including phenoxy) is 5. The molecule has 1 atom stereocenters. The van der Waals surface area contributed by atoms with Gasteiger partial charge in [-0.25, -0.2) is 4.79 Å². The van der Waals surface area contributed by atoms with E-state index in [0.29, 0.717) is 17.2 Å². The fourth-order valence-corrected chi connectivity index (χ4v) is 2.67. The second-order valence-corrected chi connectivity index (χ2v) is 6.05. The summed E-state index contributed by atoms with van der Waals surface area (Å²) in [5, 5.41) is 2.78. The Balaban J connectivity index is 1.98. The molecule has 0 fully saturated rings. The first kappa shape index (κ1) is 21.9. The van der Waals surface area contributed by atoms with Gasteiger partial charge >= 0.3 is 5.97 Å². The minimum atomic E-state index is -0.684. The lowest BCUT2D eigenvalue weighted by Gasteiger charge is -2.15. The third kappa shape index (κ3) is 5.54. The zero-order valence-corrected chi connectivity index (χ0v) is 17.1. The summed E-state index contributed by atoms with van der Waals surface area (Å²) in [7, 11) is 5.94. The lowest BCUT2D eigenvalue weighted by molar-refractivity contribution is -0.124. The summed E-state index contributed by atoms with van der Waals surface area (Å²) >= 11 is 0. The highest BCUT2D eigenvalue weighted by Gasteiger charge is 2.19. The Morgan fingerprint density at radius 1 is 0.897 bits per heavy atom. The first-order chi connectivity index (χ1) is 13.9. The number of benzene rings is 2. The molecule has 0 aliphatic heterocycles. The third-order valence-corrected chi connectivity index (χ3v) is 4.23. The standard InChI is InChI=1S/C21H25NO7/c1-13(14-6-8-16(25-2)9-7-14)22-19(23)12-29-21(24)15-10-17(26-3)20(28-5)18(11-15)27-4/h6-11,13H,12H2,1-5H3,(H,22,23). The average Bonchev–Trinajstić information content (AvgIpc) is 2.76. The first-order valence-electron chi connectivity index (χ1n) is 8.83. The highest BCUT2D eigenvalue weighted by molar-refractivity contribution is 5.92. The van der Waals surface area contributed by atoms with E-state index in [9.17, 15) is 9.59 Å². The number of hydrogen-bond acceptors (Lipinski definition) is 7. The lowest BCUT2D eigenvalue weighted by atomic mass is 10.1. The second-order valence-electron chi connectivity index (χ2n) is 6.05. The summed E-state index contributed by atoms with van der Waals surface area (Å²) in [6, 6.07) is 9.99. The molecule has 2 rings (SSSR count). The predicted molar refractivity (Wildman–Crippen MR) is 106 cm³/mol. The molecular weight excluding hydrogens is 378 g/mol. The van der Waals surface area contributed by atoms with Crippen molar-refractivity contribution in [2.75, 3.05) is 35.0 Å². The van der Waals surface area contributed by atoms with Crippen LogP contribution in [-0.4, -0.2) is 46.9 Å². The van der Waals surface area contributed by atoms with Gasteiger partial charge in [0.25, 0.3) is 5.91 Å². The quantitative estimate of drug-likeness (QED) is 0.644. The van der Waals surface area contributed by atoms with Gasteiger partial charge in [-0.3, -0.25) is 4.79 Å².